The van der Waals surface area contributed by atoms with Crippen molar-refractivity contribution in [3.05, 3.63) is 24.3 Å². The molecule has 3 heteroatoms. The molecule has 0 amide bonds. The molecule has 0 aromatic carbocycles. The van der Waals surface area contributed by atoms with Gasteiger partial charge in [0.2, 0.25) is 0 Å². The molecule has 0 aliphatic carbocycles. The van der Waals surface area contributed by atoms with Gasteiger partial charge in [-0.3, -0.25) is 0 Å². The van der Waals surface area contributed by atoms with E-state index in [1.807, 2.05) is 6.92 Å². The minimum atomic E-state index is -1.05. The standard InChI is InChI=1S/C15H28O3/c1-6-15(5,18)11-7-8-12(2)9-10-13(16)14(3,4)17/h6,8,13,16-18H,1,7,9-11H2,2-5H3/b12-8+/t13-,15?/m0/s1. The second kappa shape index (κ2) is 7.07. The number of rotatable bonds is 8. The van der Waals surface area contributed by atoms with Crippen LogP contribution in [0.15, 0.2) is 24.3 Å². The summed E-state index contributed by atoms with van der Waals surface area (Å²) in [6, 6.07) is 0. The maximum absolute atomic E-state index is 9.74. The smallest absolute Gasteiger partial charge is 0.0849 e. The van der Waals surface area contributed by atoms with Crippen molar-refractivity contribution in [2.24, 2.45) is 0 Å². The Bertz CT molecular complexity index is 285. The molecule has 0 fully saturated rings. The van der Waals surface area contributed by atoms with Gasteiger partial charge in [0.05, 0.1) is 17.3 Å². The molecule has 0 aromatic heterocycles. The Kier molecular flexibility index (Phi) is 6.82. The largest absolute Gasteiger partial charge is 0.390 e. The summed E-state index contributed by atoms with van der Waals surface area (Å²) < 4.78 is 0. The molecule has 0 aromatic rings. The summed E-state index contributed by atoms with van der Waals surface area (Å²) in [6.07, 6.45) is 5.62. The Labute approximate surface area is 111 Å². The van der Waals surface area contributed by atoms with Crippen molar-refractivity contribution in [2.75, 3.05) is 0 Å². The van der Waals surface area contributed by atoms with E-state index >= 15 is 0 Å². The maximum Gasteiger partial charge on any atom is 0.0849 e. The number of aliphatic hydroxyl groups is 3. The molecule has 18 heavy (non-hydrogen) atoms. The summed E-state index contributed by atoms with van der Waals surface area (Å²) in [4.78, 5) is 0. The van der Waals surface area contributed by atoms with Gasteiger partial charge in [-0.2, -0.15) is 0 Å². The van der Waals surface area contributed by atoms with Gasteiger partial charge in [-0.15, -0.1) is 6.58 Å². The lowest BCUT2D eigenvalue weighted by molar-refractivity contribution is -0.0509. The molecular weight excluding hydrogens is 228 g/mol. The van der Waals surface area contributed by atoms with Crippen molar-refractivity contribution in [3.8, 4) is 0 Å². The third-order valence-electron chi connectivity index (χ3n) is 3.21. The van der Waals surface area contributed by atoms with E-state index in [9.17, 15) is 15.3 Å². The van der Waals surface area contributed by atoms with E-state index in [0.717, 1.165) is 18.4 Å². The van der Waals surface area contributed by atoms with Crippen molar-refractivity contribution >= 4 is 0 Å². The molecular formula is C15H28O3. The van der Waals surface area contributed by atoms with E-state index in [4.69, 9.17) is 0 Å². The molecule has 0 saturated heterocycles. The van der Waals surface area contributed by atoms with Crippen LogP contribution in [0, 0.1) is 0 Å². The highest BCUT2D eigenvalue weighted by Crippen LogP contribution is 2.18. The summed E-state index contributed by atoms with van der Waals surface area (Å²) in [6.45, 7) is 10.5. The van der Waals surface area contributed by atoms with E-state index < -0.39 is 17.3 Å². The molecule has 0 saturated carbocycles. The molecule has 0 bridgehead atoms. The van der Waals surface area contributed by atoms with E-state index in [1.54, 1.807) is 26.8 Å². The highest BCUT2D eigenvalue weighted by Gasteiger charge is 2.23. The lowest BCUT2D eigenvalue weighted by atomic mass is 9.95. The number of hydrogen-bond acceptors (Lipinski definition) is 3. The van der Waals surface area contributed by atoms with Crippen LogP contribution < -0.4 is 0 Å². The maximum atomic E-state index is 9.74. The van der Waals surface area contributed by atoms with E-state index in [2.05, 4.69) is 12.7 Å². The molecule has 2 atom stereocenters. The Hall–Kier alpha value is -0.640. The second-order valence-corrected chi connectivity index (χ2v) is 5.86. The van der Waals surface area contributed by atoms with Gasteiger partial charge < -0.3 is 15.3 Å². The van der Waals surface area contributed by atoms with Gasteiger partial charge in [0, 0.05) is 0 Å². The van der Waals surface area contributed by atoms with Gasteiger partial charge in [0.15, 0.2) is 0 Å². The van der Waals surface area contributed by atoms with Gasteiger partial charge in [-0.1, -0.05) is 17.7 Å². The number of allylic oxidation sites excluding steroid dienone is 2. The molecule has 0 aliphatic rings. The number of hydrogen-bond donors (Lipinski definition) is 3. The number of aliphatic hydroxyl groups excluding tert-OH is 1. The van der Waals surface area contributed by atoms with Crippen LogP contribution >= 0.6 is 0 Å². The quantitative estimate of drug-likeness (QED) is 0.585. The molecule has 0 radical (unpaired) electrons. The Morgan fingerprint density at radius 3 is 2.28 bits per heavy atom. The third-order valence-corrected chi connectivity index (χ3v) is 3.21. The molecule has 106 valence electrons. The highest BCUT2D eigenvalue weighted by atomic mass is 16.3. The minimum absolute atomic E-state index is 0.545. The fraction of sp³-hybridized carbons (Fsp3) is 0.733. The van der Waals surface area contributed by atoms with Gasteiger partial charge in [0.25, 0.3) is 0 Å². The topological polar surface area (TPSA) is 60.7 Å². The van der Waals surface area contributed by atoms with Crippen molar-refractivity contribution in [1.29, 1.82) is 0 Å². The predicted octanol–water partition coefficient (Wildman–Crippen LogP) is 2.56. The zero-order chi connectivity index (χ0) is 14.4. The van der Waals surface area contributed by atoms with Crippen molar-refractivity contribution in [3.63, 3.8) is 0 Å². The lowest BCUT2D eigenvalue weighted by Crippen LogP contribution is -2.35. The second-order valence-electron chi connectivity index (χ2n) is 5.86. The van der Waals surface area contributed by atoms with E-state index in [0.29, 0.717) is 12.8 Å². The summed E-state index contributed by atoms with van der Waals surface area (Å²) in [5, 5.41) is 29.0. The lowest BCUT2D eigenvalue weighted by Gasteiger charge is -2.24. The first-order valence-electron chi connectivity index (χ1n) is 6.50. The summed E-state index contributed by atoms with van der Waals surface area (Å²) in [7, 11) is 0. The predicted molar refractivity (Wildman–Crippen MR) is 75.4 cm³/mol. The molecule has 0 heterocycles. The molecule has 1 unspecified atom stereocenters. The van der Waals surface area contributed by atoms with Crippen LogP contribution in [0.2, 0.25) is 0 Å². The normalized spacial score (nSPS) is 18.3. The van der Waals surface area contributed by atoms with Crippen LogP contribution in [0.3, 0.4) is 0 Å². The first-order chi connectivity index (χ1) is 8.08. The van der Waals surface area contributed by atoms with Crippen LogP contribution in [-0.2, 0) is 0 Å². The van der Waals surface area contributed by atoms with Crippen molar-refractivity contribution in [1.82, 2.24) is 0 Å². The molecule has 0 spiro atoms. The fourth-order valence-corrected chi connectivity index (χ4v) is 1.53. The summed E-state index contributed by atoms with van der Waals surface area (Å²) in [5.41, 5.74) is -0.700. The average molecular weight is 256 g/mol. The van der Waals surface area contributed by atoms with Crippen LogP contribution in [-0.4, -0.2) is 32.6 Å². The van der Waals surface area contributed by atoms with Crippen LogP contribution in [0.25, 0.3) is 0 Å². The van der Waals surface area contributed by atoms with Crippen molar-refractivity contribution < 1.29 is 15.3 Å². The van der Waals surface area contributed by atoms with Gasteiger partial charge >= 0.3 is 0 Å². The monoisotopic (exact) mass is 256 g/mol. The molecule has 0 aliphatic heterocycles. The van der Waals surface area contributed by atoms with Crippen LogP contribution in [0.5, 0.6) is 0 Å². The Balaban J connectivity index is 4.03. The van der Waals surface area contributed by atoms with Crippen molar-refractivity contribution in [2.45, 2.75) is 70.7 Å². The van der Waals surface area contributed by atoms with Gasteiger partial charge in [-0.05, 0) is 53.4 Å². The highest BCUT2D eigenvalue weighted by molar-refractivity contribution is 5.01. The van der Waals surface area contributed by atoms with Crippen LogP contribution in [0.4, 0.5) is 0 Å². The fourth-order valence-electron chi connectivity index (χ4n) is 1.53. The van der Waals surface area contributed by atoms with E-state index in [-0.39, 0.29) is 0 Å². The average Bonchev–Trinajstić information content (AvgIpc) is 2.24. The van der Waals surface area contributed by atoms with Crippen LogP contribution in [0.1, 0.15) is 53.4 Å². The summed E-state index contributed by atoms with van der Waals surface area (Å²) >= 11 is 0. The Morgan fingerprint density at radius 2 is 1.83 bits per heavy atom. The zero-order valence-electron chi connectivity index (χ0n) is 12.1. The minimum Gasteiger partial charge on any atom is -0.390 e. The first-order valence-corrected chi connectivity index (χ1v) is 6.50. The Morgan fingerprint density at radius 1 is 1.28 bits per heavy atom. The zero-order valence-corrected chi connectivity index (χ0v) is 12.1. The molecule has 3 N–H and O–H groups in total. The first kappa shape index (κ1) is 17.4. The summed E-state index contributed by atoms with van der Waals surface area (Å²) in [5.74, 6) is 0. The van der Waals surface area contributed by atoms with E-state index in [1.165, 1.54) is 0 Å². The SMILES string of the molecule is C=CC(C)(O)CC/C=C(\C)CC[C@H](O)C(C)(C)O. The molecule has 3 nitrogen and oxygen atoms in total. The molecule has 0 rings (SSSR count). The van der Waals surface area contributed by atoms with Gasteiger partial charge in [-0.25, -0.2) is 0 Å². The van der Waals surface area contributed by atoms with Gasteiger partial charge in [0.1, 0.15) is 0 Å². The third kappa shape index (κ3) is 7.64.